The SMILES string of the molecule is Cc1ccc(NC(=O)CN(C)S(=O)(=O)c2cc(C)ccc2C)c(C)c1. The molecule has 0 radical (unpaired) electrons. The maximum Gasteiger partial charge on any atom is 0.243 e. The Morgan fingerprint density at radius 3 is 2.20 bits per heavy atom. The van der Waals surface area contributed by atoms with Gasteiger partial charge in [0, 0.05) is 12.7 Å². The molecule has 0 unspecified atom stereocenters. The monoisotopic (exact) mass is 360 g/mol. The van der Waals surface area contributed by atoms with Gasteiger partial charge in [0.15, 0.2) is 0 Å². The van der Waals surface area contributed by atoms with E-state index in [0.29, 0.717) is 11.3 Å². The van der Waals surface area contributed by atoms with Gasteiger partial charge in [-0.3, -0.25) is 4.79 Å². The molecule has 0 aliphatic carbocycles. The average molecular weight is 360 g/mol. The highest BCUT2D eigenvalue weighted by molar-refractivity contribution is 7.89. The molecule has 0 saturated heterocycles. The second-order valence-electron chi connectivity index (χ2n) is 6.40. The molecule has 2 aromatic carbocycles. The van der Waals surface area contributed by atoms with Crippen molar-refractivity contribution in [1.82, 2.24) is 4.31 Å². The number of nitrogens with zero attached hydrogens (tertiary/aromatic N) is 1. The van der Waals surface area contributed by atoms with Gasteiger partial charge in [-0.25, -0.2) is 8.42 Å². The molecule has 25 heavy (non-hydrogen) atoms. The van der Waals surface area contributed by atoms with Crippen LogP contribution in [0, 0.1) is 27.7 Å². The molecule has 0 bridgehead atoms. The van der Waals surface area contributed by atoms with E-state index in [1.54, 1.807) is 19.1 Å². The standard InChI is InChI=1S/C19H24N2O3S/c1-13-7-9-17(16(4)10-13)20-19(22)12-21(5)25(23,24)18-11-14(2)6-8-15(18)3/h6-11H,12H2,1-5H3,(H,20,22). The van der Waals surface area contributed by atoms with Crippen LogP contribution in [0.15, 0.2) is 41.3 Å². The number of sulfonamides is 1. The van der Waals surface area contributed by atoms with E-state index in [1.807, 2.05) is 45.0 Å². The Bertz CT molecular complexity index is 905. The van der Waals surface area contributed by atoms with Crippen molar-refractivity contribution >= 4 is 21.6 Å². The number of amides is 1. The Balaban J connectivity index is 2.16. The quantitative estimate of drug-likeness (QED) is 0.890. The van der Waals surface area contributed by atoms with Gasteiger partial charge >= 0.3 is 0 Å². The lowest BCUT2D eigenvalue weighted by atomic mass is 10.1. The zero-order chi connectivity index (χ0) is 18.8. The van der Waals surface area contributed by atoms with Gasteiger partial charge in [0.25, 0.3) is 0 Å². The van der Waals surface area contributed by atoms with E-state index in [0.717, 1.165) is 21.0 Å². The fraction of sp³-hybridized carbons (Fsp3) is 0.316. The van der Waals surface area contributed by atoms with Crippen LogP contribution in [0.3, 0.4) is 0 Å². The minimum absolute atomic E-state index is 0.231. The summed E-state index contributed by atoms with van der Waals surface area (Å²) in [4.78, 5) is 12.5. The molecule has 0 fully saturated rings. The Hall–Kier alpha value is -2.18. The molecule has 0 aliphatic heterocycles. The molecule has 2 rings (SSSR count). The van der Waals surface area contributed by atoms with Crippen molar-refractivity contribution in [2.75, 3.05) is 18.9 Å². The predicted octanol–water partition coefficient (Wildman–Crippen LogP) is 3.18. The molecule has 134 valence electrons. The summed E-state index contributed by atoms with van der Waals surface area (Å²) >= 11 is 0. The number of carbonyl (C=O) groups excluding carboxylic acids is 1. The third-order valence-corrected chi connectivity index (χ3v) is 6.00. The number of hydrogen-bond acceptors (Lipinski definition) is 3. The van der Waals surface area contributed by atoms with Gasteiger partial charge in [-0.2, -0.15) is 4.31 Å². The Labute approximate surface area is 149 Å². The fourth-order valence-electron chi connectivity index (χ4n) is 2.58. The summed E-state index contributed by atoms with van der Waals surface area (Å²) in [6, 6.07) is 10.9. The lowest BCUT2D eigenvalue weighted by molar-refractivity contribution is -0.116. The van der Waals surface area contributed by atoms with Crippen LogP contribution >= 0.6 is 0 Å². The van der Waals surface area contributed by atoms with Gasteiger partial charge in [-0.05, 0) is 56.5 Å². The van der Waals surface area contributed by atoms with Crippen LogP contribution in [0.4, 0.5) is 5.69 Å². The number of aryl methyl sites for hydroxylation is 4. The van der Waals surface area contributed by atoms with Gasteiger partial charge in [-0.15, -0.1) is 0 Å². The normalized spacial score (nSPS) is 11.6. The number of nitrogens with one attached hydrogen (secondary N) is 1. The van der Waals surface area contributed by atoms with E-state index in [1.165, 1.54) is 7.05 Å². The van der Waals surface area contributed by atoms with Gasteiger partial charge in [0.1, 0.15) is 0 Å². The molecule has 0 spiro atoms. The first kappa shape index (κ1) is 19.1. The molecule has 0 aliphatic rings. The summed E-state index contributed by atoms with van der Waals surface area (Å²) in [5.74, 6) is -0.372. The van der Waals surface area contributed by atoms with Crippen molar-refractivity contribution in [2.45, 2.75) is 32.6 Å². The Morgan fingerprint density at radius 1 is 0.960 bits per heavy atom. The largest absolute Gasteiger partial charge is 0.325 e. The molecule has 0 aromatic heterocycles. The Kier molecular flexibility index (Phi) is 5.65. The van der Waals surface area contributed by atoms with Crippen molar-refractivity contribution in [1.29, 1.82) is 0 Å². The summed E-state index contributed by atoms with van der Waals surface area (Å²) in [5.41, 5.74) is 4.25. The molecule has 0 heterocycles. The van der Waals surface area contributed by atoms with Crippen molar-refractivity contribution in [3.8, 4) is 0 Å². The third kappa shape index (κ3) is 4.46. The van der Waals surface area contributed by atoms with E-state index in [9.17, 15) is 13.2 Å². The number of anilines is 1. The zero-order valence-corrected chi connectivity index (χ0v) is 16.1. The van der Waals surface area contributed by atoms with Crippen LogP contribution in [0.25, 0.3) is 0 Å². The molecule has 5 nitrogen and oxygen atoms in total. The number of benzene rings is 2. The smallest absolute Gasteiger partial charge is 0.243 e. The van der Waals surface area contributed by atoms with Crippen LogP contribution in [0.5, 0.6) is 0 Å². The number of rotatable bonds is 5. The van der Waals surface area contributed by atoms with Gasteiger partial charge in [0.05, 0.1) is 11.4 Å². The molecule has 0 atom stereocenters. The molecule has 1 amide bonds. The minimum Gasteiger partial charge on any atom is -0.325 e. The van der Waals surface area contributed by atoms with E-state index >= 15 is 0 Å². The molecule has 1 N–H and O–H groups in total. The number of likely N-dealkylation sites (N-methyl/N-ethyl adjacent to an activating group) is 1. The third-order valence-electron chi connectivity index (χ3n) is 4.05. The van der Waals surface area contributed by atoms with Gasteiger partial charge < -0.3 is 5.32 Å². The molecule has 6 heteroatoms. The second kappa shape index (κ2) is 7.37. The molecule has 2 aromatic rings. The summed E-state index contributed by atoms with van der Waals surface area (Å²) in [7, 11) is -2.31. The summed E-state index contributed by atoms with van der Waals surface area (Å²) in [6.07, 6.45) is 0. The van der Waals surface area contributed by atoms with Crippen molar-refractivity contribution in [3.05, 3.63) is 58.7 Å². The zero-order valence-electron chi connectivity index (χ0n) is 15.3. The van der Waals surface area contributed by atoms with Crippen LogP contribution in [0.2, 0.25) is 0 Å². The highest BCUT2D eigenvalue weighted by Gasteiger charge is 2.24. The van der Waals surface area contributed by atoms with Crippen LogP contribution in [-0.2, 0) is 14.8 Å². The maximum absolute atomic E-state index is 12.8. The van der Waals surface area contributed by atoms with Crippen LogP contribution in [0.1, 0.15) is 22.3 Å². The van der Waals surface area contributed by atoms with Gasteiger partial charge in [-0.1, -0.05) is 29.8 Å². The summed E-state index contributed by atoms with van der Waals surface area (Å²) in [6.45, 7) is 7.21. The first-order valence-electron chi connectivity index (χ1n) is 8.02. The Morgan fingerprint density at radius 2 is 1.56 bits per heavy atom. The maximum atomic E-state index is 12.8. The lowest BCUT2D eigenvalue weighted by Crippen LogP contribution is -2.35. The first-order valence-corrected chi connectivity index (χ1v) is 9.46. The van der Waals surface area contributed by atoms with Crippen molar-refractivity contribution < 1.29 is 13.2 Å². The highest BCUT2D eigenvalue weighted by Crippen LogP contribution is 2.21. The molecule has 0 saturated carbocycles. The van der Waals surface area contributed by atoms with E-state index in [4.69, 9.17) is 0 Å². The highest BCUT2D eigenvalue weighted by atomic mass is 32.2. The molecular formula is C19H24N2O3S. The second-order valence-corrected chi connectivity index (χ2v) is 8.41. The van der Waals surface area contributed by atoms with E-state index in [2.05, 4.69) is 5.32 Å². The lowest BCUT2D eigenvalue weighted by Gasteiger charge is -2.19. The number of carbonyl (C=O) groups is 1. The van der Waals surface area contributed by atoms with Crippen LogP contribution < -0.4 is 5.32 Å². The van der Waals surface area contributed by atoms with Gasteiger partial charge in [0.2, 0.25) is 15.9 Å². The average Bonchev–Trinajstić information content (AvgIpc) is 2.52. The summed E-state index contributed by atoms with van der Waals surface area (Å²) < 4.78 is 26.6. The first-order chi connectivity index (χ1) is 11.6. The summed E-state index contributed by atoms with van der Waals surface area (Å²) in [5, 5.41) is 2.77. The van der Waals surface area contributed by atoms with Crippen molar-refractivity contribution in [2.24, 2.45) is 0 Å². The number of hydrogen-bond donors (Lipinski definition) is 1. The fourth-order valence-corrected chi connectivity index (χ4v) is 4.02. The van der Waals surface area contributed by atoms with Crippen LogP contribution in [-0.4, -0.2) is 32.2 Å². The van der Waals surface area contributed by atoms with Crippen molar-refractivity contribution in [3.63, 3.8) is 0 Å². The predicted molar refractivity (Wildman–Crippen MR) is 100 cm³/mol. The molecular weight excluding hydrogens is 336 g/mol. The minimum atomic E-state index is -3.72. The van der Waals surface area contributed by atoms with E-state index < -0.39 is 10.0 Å². The van der Waals surface area contributed by atoms with E-state index in [-0.39, 0.29) is 17.3 Å². The topological polar surface area (TPSA) is 66.5 Å².